The predicted octanol–water partition coefficient (Wildman–Crippen LogP) is 8.50. The van der Waals surface area contributed by atoms with Gasteiger partial charge >= 0.3 is 5.97 Å². The maximum absolute atomic E-state index is 14.1. The highest BCUT2D eigenvalue weighted by Crippen LogP contribution is 2.56. The number of sulfonamides is 1. The zero-order chi connectivity index (χ0) is 32.5. The maximum Gasteiger partial charge on any atom is 0.315 e. The van der Waals surface area contributed by atoms with Crippen molar-refractivity contribution in [3.63, 3.8) is 0 Å². The van der Waals surface area contributed by atoms with Crippen LogP contribution in [0, 0.1) is 19.8 Å². The number of carbonyl (C=O) groups is 1. The molecular weight excluding hydrogens is 603 g/mol. The molecule has 1 aliphatic carbocycles. The standard InChI is InChI=1S/C41H35NO4S/c1-27-17-21-29(22-18-27)35(25-37(30-11-5-3-6-12-30)42-47(44,45)32-23-19-28(2)20-24-32)39-34-16-10-9-15-33(34)36-26-38(46-41(43)40(36)39)31-13-7-4-8-14-31/h3-26,35-36,39-40,42H,1-2H3/b37-25-/t35-,36-,39+,40-/m1/s1. The summed E-state index contributed by atoms with van der Waals surface area (Å²) in [6.07, 6.45) is 4.06. The normalized spacial score (nSPS) is 19.6. The summed E-state index contributed by atoms with van der Waals surface area (Å²) < 4.78 is 36.7. The van der Waals surface area contributed by atoms with Crippen LogP contribution in [-0.4, -0.2) is 14.4 Å². The Kier molecular flexibility index (Phi) is 8.12. The number of hydrogen-bond donors (Lipinski definition) is 1. The summed E-state index contributed by atoms with van der Waals surface area (Å²) in [4.78, 5) is 14.3. The smallest absolute Gasteiger partial charge is 0.315 e. The Bertz CT molecular complexity index is 2090. The topological polar surface area (TPSA) is 72.5 Å². The lowest BCUT2D eigenvalue weighted by Gasteiger charge is -2.32. The van der Waals surface area contributed by atoms with E-state index in [1.54, 1.807) is 24.3 Å². The molecule has 234 valence electrons. The zero-order valence-corrected chi connectivity index (χ0v) is 27.0. The summed E-state index contributed by atoms with van der Waals surface area (Å²) >= 11 is 0. The summed E-state index contributed by atoms with van der Waals surface area (Å²) in [7, 11) is -3.93. The number of esters is 1. The molecule has 47 heavy (non-hydrogen) atoms. The number of cyclic esters (lactones) is 1. The Morgan fingerprint density at radius 2 is 1.30 bits per heavy atom. The third-order valence-corrected chi connectivity index (χ3v) is 10.6. The molecule has 6 heteroatoms. The van der Waals surface area contributed by atoms with Gasteiger partial charge in [-0.1, -0.05) is 139 Å². The quantitative estimate of drug-likeness (QED) is 0.173. The van der Waals surface area contributed by atoms with E-state index in [0.29, 0.717) is 11.5 Å². The Labute approximate surface area is 276 Å². The Morgan fingerprint density at radius 1 is 0.723 bits per heavy atom. The molecule has 0 unspecified atom stereocenters. The molecular formula is C41H35NO4S. The number of nitrogens with one attached hydrogen (secondary N) is 1. The second kappa shape index (κ2) is 12.5. The van der Waals surface area contributed by atoms with Crippen molar-refractivity contribution in [3.05, 3.63) is 185 Å². The molecule has 1 heterocycles. The minimum atomic E-state index is -3.93. The largest absolute Gasteiger partial charge is 0.426 e. The van der Waals surface area contributed by atoms with E-state index in [0.717, 1.165) is 38.9 Å². The fourth-order valence-electron chi connectivity index (χ4n) is 6.87. The van der Waals surface area contributed by atoms with Crippen LogP contribution in [0.25, 0.3) is 11.5 Å². The van der Waals surface area contributed by atoms with E-state index >= 15 is 0 Å². The van der Waals surface area contributed by atoms with Crippen molar-refractivity contribution >= 4 is 27.4 Å². The van der Waals surface area contributed by atoms with Crippen LogP contribution in [0.2, 0.25) is 0 Å². The van der Waals surface area contributed by atoms with Crippen LogP contribution in [0.15, 0.2) is 151 Å². The van der Waals surface area contributed by atoms with Gasteiger partial charge in [0.25, 0.3) is 10.0 Å². The zero-order valence-electron chi connectivity index (χ0n) is 26.2. The molecule has 2 aliphatic rings. The molecule has 5 aromatic rings. The lowest BCUT2D eigenvalue weighted by atomic mass is 9.74. The number of hydrogen-bond acceptors (Lipinski definition) is 4. The first-order valence-electron chi connectivity index (χ1n) is 15.8. The number of rotatable bonds is 8. The summed E-state index contributed by atoms with van der Waals surface area (Å²) in [5.74, 6) is -1.12. The van der Waals surface area contributed by atoms with Crippen molar-refractivity contribution in [1.82, 2.24) is 4.72 Å². The fourth-order valence-corrected chi connectivity index (χ4v) is 7.95. The molecule has 0 fully saturated rings. The average Bonchev–Trinajstić information content (AvgIpc) is 3.43. The molecule has 0 spiro atoms. The average molecular weight is 638 g/mol. The van der Waals surface area contributed by atoms with Crippen molar-refractivity contribution in [2.45, 2.75) is 36.5 Å². The molecule has 5 aromatic carbocycles. The second-order valence-corrected chi connectivity index (χ2v) is 14.0. The Balaban J connectivity index is 1.40. The van der Waals surface area contributed by atoms with E-state index in [1.165, 1.54) is 0 Å². The summed E-state index contributed by atoms with van der Waals surface area (Å²) in [6, 6.07) is 42.4. The lowest BCUT2D eigenvalue weighted by molar-refractivity contribution is -0.143. The van der Waals surface area contributed by atoms with Crippen LogP contribution in [0.5, 0.6) is 0 Å². The summed E-state index contributed by atoms with van der Waals surface area (Å²) in [5.41, 5.74) is 7.22. The first-order chi connectivity index (χ1) is 22.8. The number of carbonyl (C=O) groups excluding carboxylic acids is 1. The summed E-state index contributed by atoms with van der Waals surface area (Å²) in [5, 5.41) is 0. The molecule has 1 aliphatic heterocycles. The highest BCUT2D eigenvalue weighted by atomic mass is 32.2. The van der Waals surface area contributed by atoms with Crippen LogP contribution in [-0.2, 0) is 19.6 Å². The molecule has 0 aromatic heterocycles. The van der Waals surface area contributed by atoms with Crippen molar-refractivity contribution in [2.24, 2.45) is 5.92 Å². The van der Waals surface area contributed by atoms with Crippen molar-refractivity contribution < 1.29 is 17.9 Å². The number of fused-ring (bicyclic) bond motifs is 3. The monoisotopic (exact) mass is 637 g/mol. The van der Waals surface area contributed by atoms with E-state index in [1.807, 2.05) is 92.7 Å². The van der Waals surface area contributed by atoms with Gasteiger partial charge in [-0.3, -0.25) is 9.52 Å². The van der Waals surface area contributed by atoms with Gasteiger partial charge in [0, 0.05) is 23.3 Å². The van der Waals surface area contributed by atoms with Gasteiger partial charge in [-0.05, 0) is 54.3 Å². The van der Waals surface area contributed by atoms with Gasteiger partial charge in [-0.25, -0.2) is 8.42 Å². The third kappa shape index (κ3) is 6.05. The van der Waals surface area contributed by atoms with Crippen LogP contribution < -0.4 is 4.72 Å². The van der Waals surface area contributed by atoms with Crippen LogP contribution in [0.4, 0.5) is 0 Å². The molecule has 7 rings (SSSR count). The van der Waals surface area contributed by atoms with Crippen LogP contribution >= 0.6 is 0 Å². The van der Waals surface area contributed by atoms with E-state index in [-0.39, 0.29) is 28.6 Å². The van der Waals surface area contributed by atoms with Gasteiger partial charge in [-0.15, -0.1) is 0 Å². The van der Waals surface area contributed by atoms with Crippen LogP contribution in [0.3, 0.4) is 0 Å². The van der Waals surface area contributed by atoms with Gasteiger partial charge in [-0.2, -0.15) is 0 Å². The van der Waals surface area contributed by atoms with Gasteiger partial charge in [0.15, 0.2) is 0 Å². The molecule has 0 saturated heterocycles. The molecule has 0 amide bonds. The second-order valence-electron chi connectivity index (χ2n) is 12.3. The number of ether oxygens (including phenoxy) is 1. The number of allylic oxidation sites excluding steroid dienone is 2. The SMILES string of the molecule is Cc1ccc([C@@H](/C=C(\NS(=O)(=O)c2ccc(C)cc2)c2ccccc2)[C@@H]2c3ccccc3[C@H]3C=C(c4ccccc4)OC(=O)[C@@H]23)cc1. The molecule has 1 N–H and O–H groups in total. The van der Waals surface area contributed by atoms with Crippen molar-refractivity contribution in [2.75, 3.05) is 0 Å². The van der Waals surface area contributed by atoms with Crippen molar-refractivity contribution in [1.29, 1.82) is 0 Å². The minimum Gasteiger partial charge on any atom is -0.426 e. The van der Waals surface area contributed by atoms with Crippen molar-refractivity contribution in [3.8, 4) is 0 Å². The Morgan fingerprint density at radius 3 is 1.96 bits per heavy atom. The highest BCUT2D eigenvalue weighted by Gasteiger charge is 2.50. The number of benzene rings is 5. The van der Waals surface area contributed by atoms with E-state index in [2.05, 4.69) is 47.2 Å². The van der Waals surface area contributed by atoms with Gasteiger partial charge < -0.3 is 4.74 Å². The molecule has 0 radical (unpaired) electrons. The molecule has 5 nitrogen and oxygen atoms in total. The molecule has 0 saturated carbocycles. The lowest BCUT2D eigenvalue weighted by Crippen LogP contribution is -2.30. The first kappa shape index (κ1) is 30.5. The van der Waals surface area contributed by atoms with Gasteiger partial charge in [0.1, 0.15) is 5.76 Å². The van der Waals surface area contributed by atoms with E-state index in [9.17, 15) is 13.2 Å². The minimum absolute atomic E-state index is 0.178. The number of aryl methyl sites for hydroxylation is 2. The van der Waals surface area contributed by atoms with Gasteiger partial charge in [0.05, 0.1) is 16.5 Å². The molecule has 0 bridgehead atoms. The fraction of sp³-hybridized carbons (Fsp3) is 0.146. The van der Waals surface area contributed by atoms with E-state index in [4.69, 9.17) is 4.74 Å². The third-order valence-electron chi connectivity index (χ3n) is 9.22. The predicted molar refractivity (Wildman–Crippen MR) is 186 cm³/mol. The van der Waals surface area contributed by atoms with E-state index < -0.39 is 15.9 Å². The summed E-state index contributed by atoms with van der Waals surface area (Å²) in [6.45, 7) is 3.96. The van der Waals surface area contributed by atoms with Crippen LogP contribution in [0.1, 0.15) is 56.7 Å². The molecule has 4 atom stereocenters. The maximum atomic E-state index is 14.1. The Hall–Kier alpha value is -5.20. The highest BCUT2D eigenvalue weighted by molar-refractivity contribution is 7.89. The first-order valence-corrected chi connectivity index (χ1v) is 17.3. The van der Waals surface area contributed by atoms with Gasteiger partial charge in [0.2, 0.25) is 0 Å².